The number of ether oxygens (including phenoxy) is 1. The molecule has 0 aliphatic rings. The van der Waals surface area contributed by atoms with Crippen molar-refractivity contribution in [3.8, 4) is 5.75 Å². The monoisotopic (exact) mass is 439 g/mol. The van der Waals surface area contributed by atoms with Crippen molar-refractivity contribution in [3.05, 3.63) is 63.9 Å². The molecule has 136 valence electrons. The molecule has 0 fully saturated rings. The smallest absolute Gasteiger partial charge is 0.276 e. The van der Waals surface area contributed by atoms with Crippen molar-refractivity contribution in [1.82, 2.24) is 16.2 Å². The summed E-state index contributed by atoms with van der Waals surface area (Å²) < 4.78 is 19.8. The number of hydrogen-bond acceptors (Lipinski definition) is 4. The Morgan fingerprint density at radius 2 is 1.92 bits per heavy atom. The number of benzene rings is 2. The Morgan fingerprint density at radius 3 is 2.62 bits per heavy atom. The summed E-state index contributed by atoms with van der Waals surface area (Å²) in [5.74, 6) is -1.36. The van der Waals surface area contributed by atoms with Crippen LogP contribution in [0, 0.1) is 12.7 Å². The highest BCUT2D eigenvalue weighted by Crippen LogP contribution is 2.21. The van der Waals surface area contributed by atoms with Gasteiger partial charge >= 0.3 is 0 Å². The minimum Gasteiger partial charge on any atom is -0.484 e. The minimum atomic E-state index is -0.726. The Labute approximate surface area is 163 Å². The largest absolute Gasteiger partial charge is 0.484 e. The third-order valence-electron chi connectivity index (χ3n) is 3.16. The fraction of sp³-hybridized carbons (Fsp3) is 0.118. The second-order valence-electron chi connectivity index (χ2n) is 5.14. The normalized spacial score (nSPS) is 9.96. The molecule has 9 heteroatoms. The molecule has 0 radical (unpaired) electrons. The van der Waals surface area contributed by atoms with E-state index in [0.717, 1.165) is 16.1 Å². The van der Waals surface area contributed by atoms with E-state index < -0.39 is 17.6 Å². The van der Waals surface area contributed by atoms with Crippen LogP contribution in [-0.2, 0) is 4.79 Å². The Bertz CT molecular complexity index is 848. The SMILES string of the molecule is Cc1cc(OCC(=O)NNC(=S)NC(=O)c2ccccc2F)ccc1Br. The molecule has 0 unspecified atom stereocenters. The van der Waals surface area contributed by atoms with Crippen LogP contribution in [0.3, 0.4) is 0 Å². The standard InChI is InChI=1S/C17H15BrFN3O3S/c1-10-8-11(6-7-13(10)18)25-9-15(23)21-22-17(26)20-16(24)12-4-2-3-5-14(12)19/h2-8H,9H2,1H3,(H,21,23)(H2,20,22,24,26). The molecule has 0 aliphatic heterocycles. The number of rotatable bonds is 4. The lowest BCUT2D eigenvalue weighted by Crippen LogP contribution is -2.49. The molecule has 2 amide bonds. The van der Waals surface area contributed by atoms with Crippen LogP contribution in [0.15, 0.2) is 46.9 Å². The van der Waals surface area contributed by atoms with Crippen LogP contribution in [0.5, 0.6) is 5.75 Å². The molecule has 0 heterocycles. The Kier molecular flexibility index (Phi) is 7.05. The van der Waals surface area contributed by atoms with Crippen molar-refractivity contribution >= 4 is 45.1 Å². The molecule has 0 saturated carbocycles. The number of hydrogen-bond donors (Lipinski definition) is 3. The van der Waals surface area contributed by atoms with Gasteiger partial charge in [0, 0.05) is 4.47 Å². The van der Waals surface area contributed by atoms with Gasteiger partial charge in [-0.25, -0.2) is 4.39 Å². The number of aryl methyl sites for hydroxylation is 1. The number of halogens is 2. The number of thiocarbonyl (C=S) groups is 1. The van der Waals surface area contributed by atoms with Gasteiger partial charge in [0.15, 0.2) is 11.7 Å². The lowest BCUT2D eigenvalue weighted by atomic mass is 10.2. The van der Waals surface area contributed by atoms with Crippen LogP contribution < -0.4 is 20.9 Å². The molecule has 0 saturated heterocycles. The van der Waals surface area contributed by atoms with Gasteiger partial charge in [-0.15, -0.1) is 0 Å². The van der Waals surface area contributed by atoms with Gasteiger partial charge in [0.05, 0.1) is 5.56 Å². The van der Waals surface area contributed by atoms with Gasteiger partial charge < -0.3 is 4.74 Å². The number of nitrogens with one attached hydrogen (secondary N) is 3. The summed E-state index contributed by atoms with van der Waals surface area (Å²) in [6.45, 7) is 1.65. The van der Waals surface area contributed by atoms with Crippen molar-refractivity contribution in [3.63, 3.8) is 0 Å². The topological polar surface area (TPSA) is 79.5 Å². The second kappa shape index (κ2) is 9.25. The predicted octanol–water partition coefficient (Wildman–Crippen LogP) is 2.61. The molecule has 0 spiro atoms. The fourth-order valence-corrected chi connectivity index (χ4v) is 2.26. The third kappa shape index (κ3) is 5.78. The first kappa shape index (κ1) is 19.8. The quantitative estimate of drug-likeness (QED) is 0.503. The summed E-state index contributed by atoms with van der Waals surface area (Å²) in [5.41, 5.74) is 5.44. The van der Waals surface area contributed by atoms with Crippen molar-refractivity contribution in [2.24, 2.45) is 0 Å². The van der Waals surface area contributed by atoms with E-state index in [1.165, 1.54) is 18.2 Å². The van der Waals surface area contributed by atoms with Gasteiger partial charge in [0.2, 0.25) is 0 Å². The molecular weight excluding hydrogens is 425 g/mol. The molecule has 2 aromatic rings. The van der Waals surface area contributed by atoms with E-state index >= 15 is 0 Å². The zero-order valence-electron chi connectivity index (χ0n) is 13.6. The van der Waals surface area contributed by atoms with Gasteiger partial charge in [0.25, 0.3) is 11.8 Å². The molecule has 0 aromatic heterocycles. The van der Waals surface area contributed by atoms with Gasteiger partial charge in [-0.1, -0.05) is 28.1 Å². The lowest BCUT2D eigenvalue weighted by Gasteiger charge is -2.12. The summed E-state index contributed by atoms with van der Waals surface area (Å²) in [7, 11) is 0. The molecule has 0 aliphatic carbocycles. The predicted molar refractivity (Wildman–Crippen MR) is 102 cm³/mol. The highest BCUT2D eigenvalue weighted by atomic mass is 79.9. The first-order valence-electron chi connectivity index (χ1n) is 7.40. The van der Waals surface area contributed by atoms with E-state index in [1.54, 1.807) is 12.1 Å². The summed E-state index contributed by atoms with van der Waals surface area (Å²) in [6, 6.07) is 10.8. The van der Waals surface area contributed by atoms with Crippen molar-refractivity contribution in [2.45, 2.75) is 6.92 Å². The van der Waals surface area contributed by atoms with Crippen LogP contribution in [0.1, 0.15) is 15.9 Å². The summed E-state index contributed by atoms with van der Waals surface area (Å²) in [6.07, 6.45) is 0. The van der Waals surface area contributed by atoms with E-state index in [2.05, 4.69) is 32.1 Å². The summed E-state index contributed by atoms with van der Waals surface area (Å²) >= 11 is 8.25. The number of carbonyl (C=O) groups excluding carboxylic acids is 2. The zero-order valence-corrected chi connectivity index (χ0v) is 16.0. The van der Waals surface area contributed by atoms with Crippen LogP contribution in [-0.4, -0.2) is 23.5 Å². The molecular formula is C17H15BrFN3O3S. The molecule has 6 nitrogen and oxygen atoms in total. The molecule has 0 atom stereocenters. The Morgan fingerprint density at radius 1 is 1.19 bits per heavy atom. The van der Waals surface area contributed by atoms with E-state index in [-0.39, 0.29) is 17.3 Å². The minimum absolute atomic E-state index is 0.156. The Hall–Kier alpha value is -2.52. The second-order valence-corrected chi connectivity index (χ2v) is 6.40. The lowest BCUT2D eigenvalue weighted by molar-refractivity contribution is -0.123. The van der Waals surface area contributed by atoms with E-state index in [1.807, 2.05) is 13.0 Å². The number of carbonyl (C=O) groups is 2. The highest BCUT2D eigenvalue weighted by molar-refractivity contribution is 9.10. The molecule has 2 aromatic carbocycles. The summed E-state index contributed by atoms with van der Waals surface area (Å²) in [4.78, 5) is 23.6. The Balaban J connectivity index is 1.76. The maximum Gasteiger partial charge on any atom is 0.276 e. The number of amides is 2. The van der Waals surface area contributed by atoms with E-state index in [9.17, 15) is 14.0 Å². The molecule has 26 heavy (non-hydrogen) atoms. The van der Waals surface area contributed by atoms with Crippen LogP contribution in [0.4, 0.5) is 4.39 Å². The first-order chi connectivity index (χ1) is 12.4. The van der Waals surface area contributed by atoms with Crippen LogP contribution in [0.25, 0.3) is 0 Å². The van der Waals surface area contributed by atoms with Crippen molar-refractivity contribution < 1.29 is 18.7 Å². The fourth-order valence-electron chi connectivity index (χ4n) is 1.87. The third-order valence-corrected chi connectivity index (χ3v) is 4.25. The van der Waals surface area contributed by atoms with Crippen LogP contribution in [0.2, 0.25) is 0 Å². The average Bonchev–Trinajstić information content (AvgIpc) is 2.61. The van der Waals surface area contributed by atoms with Gasteiger partial charge in [-0.3, -0.25) is 25.8 Å². The highest BCUT2D eigenvalue weighted by Gasteiger charge is 2.12. The van der Waals surface area contributed by atoms with E-state index in [0.29, 0.717) is 5.75 Å². The van der Waals surface area contributed by atoms with E-state index in [4.69, 9.17) is 17.0 Å². The molecule has 0 bridgehead atoms. The molecule has 2 rings (SSSR count). The van der Waals surface area contributed by atoms with Gasteiger partial charge in [-0.05, 0) is 55.0 Å². The summed E-state index contributed by atoms with van der Waals surface area (Å²) in [5, 5.41) is 2.09. The maximum atomic E-state index is 13.5. The zero-order chi connectivity index (χ0) is 19.1. The molecule has 3 N–H and O–H groups in total. The van der Waals surface area contributed by atoms with Gasteiger partial charge in [0.1, 0.15) is 11.6 Å². The van der Waals surface area contributed by atoms with Crippen LogP contribution >= 0.6 is 28.1 Å². The first-order valence-corrected chi connectivity index (χ1v) is 8.60. The van der Waals surface area contributed by atoms with Crippen molar-refractivity contribution in [1.29, 1.82) is 0 Å². The maximum absolute atomic E-state index is 13.5. The van der Waals surface area contributed by atoms with Crippen molar-refractivity contribution in [2.75, 3.05) is 6.61 Å². The van der Waals surface area contributed by atoms with Gasteiger partial charge in [-0.2, -0.15) is 0 Å². The number of hydrazine groups is 1. The average molecular weight is 440 g/mol.